The van der Waals surface area contributed by atoms with Crippen LogP contribution in [0.2, 0.25) is 0 Å². The van der Waals surface area contributed by atoms with Crippen LogP contribution in [0, 0.1) is 0 Å². The van der Waals surface area contributed by atoms with Crippen LogP contribution < -0.4 is 10.1 Å². The minimum atomic E-state index is 0.740. The Morgan fingerprint density at radius 1 is 1.38 bits per heavy atom. The normalized spacial score (nSPS) is 14.4. The summed E-state index contributed by atoms with van der Waals surface area (Å²) >= 11 is 0. The molecule has 0 saturated heterocycles. The number of nitrogens with zero attached hydrogens (tertiary/aromatic N) is 1. The van der Waals surface area contributed by atoms with Crippen molar-refractivity contribution in [1.29, 1.82) is 0 Å². The molecule has 0 bridgehead atoms. The van der Waals surface area contributed by atoms with E-state index < -0.39 is 0 Å². The maximum atomic E-state index is 5.86. The summed E-state index contributed by atoms with van der Waals surface area (Å²) in [5, 5.41) is 3.53. The third-order valence-electron chi connectivity index (χ3n) is 3.76. The molecule has 21 heavy (non-hydrogen) atoms. The Bertz CT molecular complexity index is 429. The molecule has 1 saturated carbocycles. The second kappa shape index (κ2) is 8.85. The van der Waals surface area contributed by atoms with Gasteiger partial charge < -0.3 is 15.0 Å². The lowest BCUT2D eigenvalue weighted by Crippen LogP contribution is -2.25. The van der Waals surface area contributed by atoms with Crippen molar-refractivity contribution in [3.05, 3.63) is 42.5 Å². The van der Waals surface area contributed by atoms with Crippen LogP contribution in [0.25, 0.3) is 0 Å². The van der Waals surface area contributed by atoms with Crippen LogP contribution in [0.3, 0.4) is 0 Å². The van der Waals surface area contributed by atoms with Crippen molar-refractivity contribution in [2.24, 2.45) is 0 Å². The molecule has 0 unspecified atom stereocenters. The molecule has 3 nitrogen and oxygen atoms in total. The van der Waals surface area contributed by atoms with E-state index in [2.05, 4.69) is 42.0 Å². The Morgan fingerprint density at radius 3 is 3.00 bits per heavy atom. The zero-order chi connectivity index (χ0) is 14.9. The molecule has 1 aromatic rings. The molecule has 1 aromatic carbocycles. The van der Waals surface area contributed by atoms with Crippen molar-refractivity contribution in [3.63, 3.8) is 0 Å². The standard InChI is InChI=1S/C18H28N2O/c1-3-4-5-11-20(2)12-13-21-18-8-6-7-16(14-18)15-19-17-9-10-17/h3,6-8,14,17,19H,1,4-5,9-13,15H2,2H3. The van der Waals surface area contributed by atoms with Crippen molar-refractivity contribution in [3.8, 4) is 5.75 Å². The molecule has 1 N–H and O–H groups in total. The fraction of sp³-hybridized carbons (Fsp3) is 0.556. The summed E-state index contributed by atoms with van der Waals surface area (Å²) < 4.78 is 5.86. The molecule has 0 spiro atoms. The highest BCUT2D eigenvalue weighted by Crippen LogP contribution is 2.20. The van der Waals surface area contributed by atoms with E-state index in [9.17, 15) is 0 Å². The van der Waals surface area contributed by atoms with Gasteiger partial charge in [-0.3, -0.25) is 0 Å². The Kier molecular flexibility index (Phi) is 6.77. The van der Waals surface area contributed by atoms with Gasteiger partial charge in [0.05, 0.1) is 0 Å². The Morgan fingerprint density at radius 2 is 2.24 bits per heavy atom. The SMILES string of the molecule is C=CCCCN(C)CCOc1cccc(CNC2CC2)c1. The lowest BCUT2D eigenvalue weighted by molar-refractivity contribution is 0.236. The third-order valence-corrected chi connectivity index (χ3v) is 3.76. The van der Waals surface area contributed by atoms with Gasteiger partial charge in [-0.2, -0.15) is 0 Å². The number of rotatable bonds is 11. The summed E-state index contributed by atoms with van der Waals surface area (Å²) in [6, 6.07) is 9.17. The van der Waals surface area contributed by atoms with Crippen molar-refractivity contribution in [2.75, 3.05) is 26.7 Å². The maximum Gasteiger partial charge on any atom is 0.119 e. The fourth-order valence-corrected chi connectivity index (χ4v) is 2.23. The van der Waals surface area contributed by atoms with E-state index in [0.29, 0.717) is 0 Å². The Balaban J connectivity index is 1.64. The average Bonchev–Trinajstić information content (AvgIpc) is 3.30. The smallest absolute Gasteiger partial charge is 0.119 e. The van der Waals surface area contributed by atoms with Crippen LogP contribution in [0.4, 0.5) is 0 Å². The number of hydrogen-bond donors (Lipinski definition) is 1. The Hall–Kier alpha value is -1.32. The number of benzene rings is 1. The van der Waals surface area contributed by atoms with E-state index in [1.807, 2.05) is 12.1 Å². The molecule has 3 heteroatoms. The highest BCUT2D eigenvalue weighted by atomic mass is 16.5. The summed E-state index contributed by atoms with van der Waals surface area (Å²) in [5.41, 5.74) is 1.30. The Labute approximate surface area is 129 Å². The van der Waals surface area contributed by atoms with Gasteiger partial charge >= 0.3 is 0 Å². The highest BCUT2D eigenvalue weighted by Gasteiger charge is 2.19. The lowest BCUT2D eigenvalue weighted by Gasteiger charge is -2.16. The van der Waals surface area contributed by atoms with Crippen molar-refractivity contribution in [2.45, 2.75) is 38.3 Å². The number of unbranched alkanes of at least 4 members (excludes halogenated alkanes) is 1. The van der Waals surface area contributed by atoms with E-state index in [-0.39, 0.29) is 0 Å². The molecular formula is C18H28N2O. The first kappa shape index (κ1) is 16.1. The van der Waals surface area contributed by atoms with E-state index in [0.717, 1.165) is 44.5 Å². The van der Waals surface area contributed by atoms with E-state index in [4.69, 9.17) is 4.74 Å². The van der Waals surface area contributed by atoms with Crippen molar-refractivity contribution in [1.82, 2.24) is 10.2 Å². The number of nitrogens with one attached hydrogen (secondary N) is 1. The fourth-order valence-electron chi connectivity index (χ4n) is 2.23. The van der Waals surface area contributed by atoms with E-state index in [1.165, 1.54) is 24.8 Å². The van der Waals surface area contributed by atoms with Crippen LogP contribution >= 0.6 is 0 Å². The third kappa shape index (κ3) is 6.78. The van der Waals surface area contributed by atoms with Crippen LogP contribution in [-0.4, -0.2) is 37.7 Å². The molecule has 0 heterocycles. The summed E-state index contributed by atoms with van der Waals surface area (Å²) in [6.07, 6.45) is 6.89. The summed E-state index contributed by atoms with van der Waals surface area (Å²) in [5.74, 6) is 0.976. The molecular weight excluding hydrogens is 260 g/mol. The first-order valence-electron chi connectivity index (χ1n) is 8.02. The van der Waals surface area contributed by atoms with Gasteiger partial charge in [0.2, 0.25) is 0 Å². The summed E-state index contributed by atoms with van der Waals surface area (Å²) in [7, 11) is 2.14. The first-order chi connectivity index (χ1) is 10.3. The van der Waals surface area contributed by atoms with Gasteiger partial charge in [0.1, 0.15) is 12.4 Å². The second-order valence-electron chi connectivity index (χ2n) is 5.89. The number of likely N-dealkylation sites (N-methyl/N-ethyl adjacent to an activating group) is 1. The van der Waals surface area contributed by atoms with Crippen LogP contribution in [0.1, 0.15) is 31.2 Å². The van der Waals surface area contributed by atoms with Crippen LogP contribution in [0.5, 0.6) is 5.75 Å². The predicted octanol–water partition coefficient (Wildman–Crippen LogP) is 3.22. The van der Waals surface area contributed by atoms with Gasteiger partial charge in [-0.05, 0) is 57.0 Å². The van der Waals surface area contributed by atoms with Gasteiger partial charge in [0.15, 0.2) is 0 Å². The minimum absolute atomic E-state index is 0.740. The largest absolute Gasteiger partial charge is 0.492 e. The molecule has 2 rings (SSSR count). The molecule has 0 aliphatic heterocycles. The predicted molar refractivity (Wildman–Crippen MR) is 88.7 cm³/mol. The quantitative estimate of drug-likeness (QED) is 0.500. The van der Waals surface area contributed by atoms with Crippen molar-refractivity contribution < 1.29 is 4.74 Å². The minimum Gasteiger partial charge on any atom is -0.492 e. The second-order valence-corrected chi connectivity index (χ2v) is 5.89. The zero-order valence-electron chi connectivity index (χ0n) is 13.2. The molecule has 116 valence electrons. The van der Waals surface area contributed by atoms with Gasteiger partial charge in [-0.25, -0.2) is 0 Å². The first-order valence-corrected chi connectivity index (χ1v) is 8.02. The number of allylic oxidation sites excluding steroid dienone is 1. The van der Waals surface area contributed by atoms with E-state index >= 15 is 0 Å². The van der Waals surface area contributed by atoms with Gasteiger partial charge in [0, 0.05) is 19.1 Å². The van der Waals surface area contributed by atoms with Gasteiger partial charge in [0.25, 0.3) is 0 Å². The average molecular weight is 288 g/mol. The molecule has 1 aliphatic carbocycles. The molecule has 1 fully saturated rings. The lowest BCUT2D eigenvalue weighted by atomic mass is 10.2. The summed E-state index contributed by atoms with van der Waals surface area (Å²) in [6.45, 7) is 7.49. The highest BCUT2D eigenvalue weighted by molar-refractivity contribution is 5.28. The number of ether oxygens (including phenoxy) is 1. The summed E-state index contributed by atoms with van der Waals surface area (Å²) in [4.78, 5) is 2.31. The van der Waals surface area contributed by atoms with Crippen LogP contribution in [0.15, 0.2) is 36.9 Å². The van der Waals surface area contributed by atoms with Crippen LogP contribution in [-0.2, 0) is 6.54 Å². The maximum absolute atomic E-state index is 5.86. The van der Waals surface area contributed by atoms with Gasteiger partial charge in [-0.1, -0.05) is 18.2 Å². The number of hydrogen-bond acceptors (Lipinski definition) is 3. The molecule has 0 aromatic heterocycles. The molecule has 0 radical (unpaired) electrons. The monoisotopic (exact) mass is 288 g/mol. The topological polar surface area (TPSA) is 24.5 Å². The molecule has 0 atom stereocenters. The molecule has 1 aliphatic rings. The van der Waals surface area contributed by atoms with E-state index in [1.54, 1.807) is 0 Å². The molecule has 0 amide bonds. The van der Waals surface area contributed by atoms with Crippen molar-refractivity contribution >= 4 is 0 Å². The van der Waals surface area contributed by atoms with Gasteiger partial charge in [-0.15, -0.1) is 6.58 Å². The zero-order valence-corrected chi connectivity index (χ0v) is 13.2.